The van der Waals surface area contributed by atoms with Crippen molar-refractivity contribution in [1.29, 1.82) is 0 Å². The van der Waals surface area contributed by atoms with E-state index in [9.17, 15) is 9.59 Å². The molecule has 0 aliphatic carbocycles. The van der Waals surface area contributed by atoms with E-state index in [0.29, 0.717) is 13.2 Å². The largest absolute Gasteiger partial charge is 0.460 e. The lowest BCUT2D eigenvalue weighted by molar-refractivity contribution is -0.154. The maximum absolute atomic E-state index is 11.4. The van der Waals surface area contributed by atoms with Crippen LogP contribution < -0.4 is 0 Å². The molecule has 1 aromatic carbocycles. The van der Waals surface area contributed by atoms with Gasteiger partial charge in [0.05, 0.1) is 19.8 Å². The first-order chi connectivity index (χ1) is 9.13. The van der Waals surface area contributed by atoms with Gasteiger partial charge in [0.15, 0.2) is 0 Å². The highest BCUT2D eigenvalue weighted by Gasteiger charge is 2.18. The fraction of sp³-hybridized carbons (Fsp3) is 0.467. The minimum absolute atomic E-state index is 0.000573. The number of hydrogen-bond donors (Lipinski definition) is 0. The van der Waals surface area contributed by atoms with Gasteiger partial charge in [-0.1, -0.05) is 37.3 Å². The molecule has 0 aliphatic heterocycles. The van der Waals surface area contributed by atoms with Crippen molar-refractivity contribution >= 4 is 11.8 Å². The molecule has 0 radical (unpaired) electrons. The van der Waals surface area contributed by atoms with Crippen LogP contribution in [0.3, 0.4) is 0 Å². The van der Waals surface area contributed by atoms with E-state index in [1.807, 2.05) is 37.3 Å². The summed E-state index contributed by atoms with van der Waals surface area (Å²) >= 11 is 0. The van der Waals surface area contributed by atoms with Gasteiger partial charge in [0, 0.05) is 6.42 Å². The Labute approximate surface area is 113 Å². The lowest BCUT2D eigenvalue weighted by atomic mass is 10.1. The molecule has 0 saturated heterocycles. The average molecular weight is 264 g/mol. The molecule has 0 N–H and O–H groups in total. The lowest BCUT2D eigenvalue weighted by Crippen LogP contribution is -2.21. The summed E-state index contributed by atoms with van der Waals surface area (Å²) in [5, 5.41) is 0. The maximum Gasteiger partial charge on any atom is 0.374 e. The smallest absolute Gasteiger partial charge is 0.374 e. The van der Waals surface area contributed by atoms with Gasteiger partial charge < -0.3 is 9.47 Å². The third kappa shape index (κ3) is 6.15. The molecule has 0 bridgehead atoms. The highest BCUT2D eigenvalue weighted by molar-refractivity contribution is 6.33. The average Bonchev–Trinajstić information content (AvgIpc) is 2.40. The molecule has 0 heterocycles. The van der Waals surface area contributed by atoms with Crippen LogP contribution in [0, 0.1) is 5.92 Å². The summed E-state index contributed by atoms with van der Waals surface area (Å²) in [4.78, 5) is 22.6. The van der Waals surface area contributed by atoms with Crippen LogP contribution in [0.25, 0.3) is 0 Å². The predicted octanol–water partition coefficient (Wildman–Crippen LogP) is 2.36. The van der Waals surface area contributed by atoms with Crippen molar-refractivity contribution in [3.63, 3.8) is 0 Å². The molecular formula is C15H20O4. The first-order valence-electron chi connectivity index (χ1n) is 6.45. The first kappa shape index (κ1) is 15.4. The van der Waals surface area contributed by atoms with Crippen LogP contribution in [0.1, 0.15) is 25.8 Å². The minimum Gasteiger partial charge on any atom is -0.460 e. The number of carbonyl (C=O) groups is 2. The second kappa shape index (κ2) is 8.43. The highest BCUT2D eigenvalue weighted by atomic mass is 16.5. The van der Waals surface area contributed by atoms with E-state index in [1.165, 1.54) is 0 Å². The third-order valence-electron chi connectivity index (χ3n) is 2.55. The number of Topliss-reactive ketones (excluding diaryl/α,β-unsaturated/α-hetero) is 1. The van der Waals surface area contributed by atoms with Crippen LogP contribution in [0.5, 0.6) is 0 Å². The molecule has 0 unspecified atom stereocenters. The van der Waals surface area contributed by atoms with Gasteiger partial charge in [0.2, 0.25) is 5.78 Å². The van der Waals surface area contributed by atoms with Crippen LogP contribution in [0.4, 0.5) is 0 Å². The Morgan fingerprint density at radius 2 is 1.89 bits per heavy atom. The summed E-state index contributed by atoms with van der Waals surface area (Å²) in [5.74, 6) is -1.24. The van der Waals surface area contributed by atoms with Crippen molar-refractivity contribution in [1.82, 2.24) is 0 Å². The molecule has 0 fully saturated rings. The van der Waals surface area contributed by atoms with Crippen LogP contribution in [0.2, 0.25) is 0 Å². The monoisotopic (exact) mass is 264 g/mol. The Hall–Kier alpha value is -1.68. The zero-order chi connectivity index (χ0) is 14.1. The molecule has 0 aliphatic rings. The zero-order valence-electron chi connectivity index (χ0n) is 11.4. The van der Waals surface area contributed by atoms with Crippen LogP contribution in [-0.2, 0) is 25.7 Å². The number of hydrogen-bond acceptors (Lipinski definition) is 4. The first-order valence-corrected chi connectivity index (χ1v) is 6.45. The van der Waals surface area contributed by atoms with Crippen molar-refractivity contribution in [2.75, 3.05) is 13.2 Å². The molecular weight excluding hydrogens is 244 g/mol. The summed E-state index contributed by atoms with van der Waals surface area (Å²) in [6.45, 7) is 4.74. The van der Waals surface area contributed by atoms with Crippen molar-refractivity contribution in [2.45, 2.75) is 26.9 Å². The molecule has 0 amide bonds. The van der Waals surface area contributed by atoms with E-state index in [1.54, 1.807) is 6.92 Å². The predicted molar refractivity (Wildman–Crippen MR) is 71.5 cm³/mol. The molecule has 0 aromatic heterocycles. The Bertz CT molecular complexity index is 400. The minimum atomic E-state index is -0.752. The quantitative estimate of drug-likeness (QED) is 0.534. The van der Waals surface area contributed by atoms with E-state index >= 15 is 0 Å². The molecule has 4 heteroatoms. The van der Waals surface area contributed by atoms with Gasteiger partial charge in [-0.3, -0.25) is 4.79 Å². The number of ketones is 1. The standard InChI is InChI=1S/C15H20O4/c1-3-19-15(17)14(16)9-12(2)10-18-11-13-7-5-4-6-8-13/h4-8,12H,3,9-11H2,1-2H3/t12-/m1/s1. The third-order valence-corrected chi connectivity index (χ3v) is 2.55. The molecule has 104 valence electrons. The van der Waals surface area contributed by atoms with Crippen molar-refractivity contribution in [2.24, 2.45) is 5.92 Å². The maximum atomic E-state index is 11.4. The summed E-state index contributed by atoms with van der Waals surface area (Å²) in [6, 6.07) is 9.81. The Morgan fingerprint density at radius 3 is 2.53 bits per heavy atom. The zero-order valence-corrected chi connectivity index (χ0v) is 11.4. The number of benzene rings is 1. The Balaban J connectivity index is 2.22. The van der Waals surface area contributed by atoms with E-state index in [-0.39, 0.29) is 18.9 Å². The number of carbonyl (C=O) groups excluding carboxylic acids is 2. The summed E-state index contributed by atoms with van der Waals surface area (Å²) in [5.41, 5.74) is 1.09. The molecule has 1 aromatic rings. The number of ether oxygens (including phenoxy) is 2. The number of rotatable bonds is 8. The molecule has 1 rings (SSSR count). The van der Waals surface area contributed by atoms with Crippen molar-refractivity contribution < 1.29 is 19.1 Å². The SMILES string of the molecule is CCOC(=O)C(=O)C[C@@H](C)COCc1ccccc1. The highest BCUT2D eigenvalue weighted by Crippen LogP contribution is 2.07. The second-order valence-corrected chi connectivity index (χ2v) is 4.45. The normalized spacial score (nSPS) is 11.9. The van der Waals surface area contributed by atoms with Gasteiger partial charge in [0.1, 0.15) is 0 Å². The topological polar surface area (TPSA) is 52.6 Å². The summed E-state index contributed by atoms with van der Waals surface area (Å²) in [6.07, 6.45) is 0.160. The van der Waals surface area contributed by atoms with Gasteiger partial charge in [-0.15, -0.1) is 0 Å². The molecule has 1 atom stereocenters. The van der Waals surface area contributed by atoms with Crippen LogP contribution >= 0.6 is 0 Å². The Kier molecular flexibility index (Phi) is 6.82. The van der Waals surface area contributed by atoms with Crippen molar-refractivity contribution in [3.05, 3.63) is 35.9 Å². The fourth-order valence-electron chi connectivity index (χ4n) is 1.62. The van der Waals surface area contributed by atoms with E-state index in [4.69, 9.17) is 4.74 Å². The van der Waals surface area contributed by atoms with Crippen LogP contribution in [0.15, 0.2) is 30.3 Å². The fourth-order valence-corrected chi connectivity index (χ4v) is 1.62. The molecule has 0 saturated carbocycles. The molecule has 19 heavy (non-hydrogen) atoms. The van der Waals surface area contributed by atoms with Gasteiger partial charge in [-0.05, 0) is 18.4 Å². The van der Waals surface area contributed by atoms with Gasteiger partial charge in [-0.2, -0.15) is 0 Å². The number of esters is 1. The molecule has 4 nitrogen and oxygen atoms in total. The van der Waals surface area contributed by atoms with Crippen molar-refractivity contribution in [3.8, 4) is 0 Å². The van der Waals surface area contributed by atoms with Gasteiger partial charge in [0.25, 0.3) is 0 Å². The van der Waals surface area contributed by atoms with E-state index in [2.05, 4.69) is 4.74 Å². The lowest BCUT2D eigenvalue weighted by Gasteiger charge is -2.11. The second-order valence-electron chi connectivity index (χ2n) is 4.45. The molecule has 0 spiro atoms. The van der Waals surface area contributed by atoms with Gasteiger partial charge >= 0.3 is 5.97 Å². The van der Waals surface area contributed by atoms with Gasteiger partial charge in [-0.25, -0.2) is 4.79 Å². The summed E-state index contributed by atoms with van der Waals surface area (Å²) < 4.78 is 10.2. The summed E-state index contributed by atoms with van der Waals surface area (Å²) in [7, 11) is 0. The van der Waals surface area contributed by atoms with E-state index < -0.39 is 11.8 Å². The Morgan fingerprint density at radius 1 is 1.21 bits per heavy atom. The van der Waals surface area contributed by atoms with E-state index in [0.717, 1.165) is 5.56 Å². The van der Waals surface area contributed by atoms with Crippen LogP contribution in [-0.4, -0.2) is 25.0 Å².